The van der Waals surface area contributed by atoms with E-state index in [1.165, 1.54) is 4.31 Å². The number of hydrogen-bond acceptors (Lipinski definition) is 6. The molecule has 1 fully saturated rings. The quantitative estimate of drug-likeness (QED) is 0.872. The first-order chi connectivity index (χ1) is 8.22. The molecule has 1 aromatic rings. The Bertz CT molecular complexity index is 551. The maximum Gasteiger partial charge on any atom is 0.254 e. The summed E-state index contributed by atoms with van der Waals surface area (Å²) in [4.78, 5) is 3.97. The Hall–Kier alpha value is -0.700. The van der Waals surface area contributed by atoms with E-state index in [-0.39, 0.29) is 9.34 Å². The smallest absolute Gasteiger partial charge is 0.254 e. The molecule has 0 bridgehead atoms. The van der Waals surface area contributed by atoms with Crippen LogP contribution in [0.5, 0.6) is 0 Å². The standard InChI is InChI=1S/C10H17N3O3S2/c1-7-8(17-9(11)12-7)18(14,15)13-4-5-16-10(2,3)6-13/h4-6H2,1-3H3,(H2,11,12). The molecule has 0 amide bonds. The van der Waals surface area contributed by atoms with Crippen molar-refractivity contribution >= 4 is 26.5 Å². The van der Waals surface area contributed by atoms with Crippen molar-refractivity contribution in [1.29, 1.82) is 0 Å². The molecule has 18 heavy (non-hydrogen) atoms. The minimum Gasteiger partial charge on any atom is -0.375 e. The van der Waals surface area contributed by atoms with Gasteiger partial charge in [0.15, 0.2) is 9.34 Å². The lowest BCUT2D eigenvalue weighted by Crippen LogP contribution is -2.50. The molecule has 1 saturated heterocycles. The molecule has 0 radical (unpaired) electrons. The maximum atomic E-state index is 12.5. The van der Waals surface area contributed by atoms with Crippen LogP contribution in [0.15, 0.2) is 4.21 Å². The SMILES string of the molecule is Cc1nc(N)sc1S(=O)(=O)N1CCOC(C)(C)C1. The van der Waals surface area contributed by atoms with Crippen molar-refractivity contribution in [1.82, 2.24) is 9.29 Å². The number of nitrogens with two attached hydrogens (primary N) is 1. The first kappa shape index (κ1) is 13.7. The number of aromatic nitrogens is 1. The second-order valence-electron chi connectivity index (χ2n) is 4.87. The Morgan fingerprint density at radius 3 is 2.67 bits per heavy atom. The van der Waals surface area contributed by atoms with E-state index in [9.17, 15) is 8.42 Å². The van der Waals surface area contributed by atoms with Gasteiger partial charge in [0.2, 0.25) is 0 Å². The van der Waals surface area contributed by atoms with Crippen LogP contribution < -0.4 is 5.73 Å². The second-order valence-corrected chi connectivity index (χ2v) is 8.04. The molecule has 0 saturated carbocycles. The number of morpholine rings is 1. The summed E-state index contributed by atoms with van der Waals surface area (Å²) in [6, 6.07) is 0. The van der Waals surface area contributed by atoms with Crippen molar-refractivity contribution in [3.8, 4) is 0 Å². The first-order valence-electron chi connectivity index (χ1n) is 5.59. The lowest BCUT2D eigenvalue weighted by Gasteiger charge is -2.37. The van der Waals surface area contributed by atoms with Gasteiger partial charge in [-0.3, -0.25) is 0 Å². The molecule has 2 N–H and O–H groups in total. The summed E-state index contributed by atoms with van der Waals surface area (Å²) in [5.74, 6) is 0. The molecule has 2 rings (SSSR count). The van der Waals surface area contributed by atoms with Crippen LogP contribution in [0.4, 0.5) is 5.13 Å². The number of rotatable bonds is 2. The van der Waals surface area contributed by atoms with Gasteiger partial charge in [0.05, 0.1) is 17.9 Å². The zero-order valence-corrected chi connectivity index (χ0v) is 12.3. The number of aryl methyl sites for hydroxylation is 1. The van der Waals surface area contributed by atoms with Gasteiger partial charge in [0.25, 0.3) is 10.0 Å². The van der Waals surface area contributed by atoms with Crippen molar-refractivity contribution < 1.29 is 13.2 Å². The summed E-state index contributed by atoms with van der Waals surface area (Å²) in [7, 11) is -3.51. The normalized spacial score (nSPS) is 21.1. The highest BCUT2D eigenvalue weighted by atomic mass is 32.2. The first-order valence-corrected chi connectivity index (χ1v) is 7.85. The minimum absolute atomic E-state index is 0.234. The molecule has 102 valence electrons. The van der Waals surface area contributed by atoms with Crippen molar-refractivity contribution in [3.05, 3.63) is 5.69 Å². The highest BCUT2D eigenvalue weighted by molar-refractivity contribution is 7.91. The number of sulfonamides is 1. The van der Waals surface area contributed by atoms with Crippen molar-refractivity contribution in [2.24, 2.45) is 0 Å². The number of thiazole rings is 1. The average Bonchev–Trinajstić information content (AvgIpc) is 2.57. The fraction of sp³-hybridized carbons (Fsp3) is 0.700. The van der Waals surface area contributed by atoms with Crippen LogP contribution in [-0.2, 0) is 14.8 Å². The molecule has 8 heteroatoms. The monoisotopic (exact) mass is 291 g/mol. The molecule has 6 nitrogen and oxygen atoms in total. The van der Waals surface area contributed by atoms with Crippen LogP contribution in [-0.4, -0.2) is 43.0 Å². The van der Waals surface area contributed by atoms with Crippen LogP contribution in [0, 0.1) is 6.92 Å². The van der Waals surface area contributed by atoms with Crippen LogP contribution in [0.1, 0.15) is 19.5 Å². The van der Waals surface area contributed by atoms with Gasteiger partial charge in [0, 0.05) is 13.1 Å². The van der Waals surface area contributed by atoms with E-state index in [1.807, 2.05) is 13.8 Å². The molecule has 0 atom stereocenters. The van der Waals surface area contributed by atoms with Crippen molar-refractivity contribution in [2.75, 3.05) is 25.4 Å². The fourth-order valence-corrected chi connectivity index (χ4v) is 4.95. The molecular formula is C10H17N3O3S2. The third-order valence-electron chi connectivity index (χ3n) is 2.74. The van der Waals surface area contributed by atoms with E-state index in [0.717, 1.165) is 11.3 Å². The van der Waals surface area contributed by atoms with E-state index < -0.39 is 15.6 Å². The van der Waals surface area contributed by atoms with E-state index in [1.54, 1.807) is 6.92 Å². The zero-order chi connectivity index (χ0) is 13.6. The summed E-state index contributed by atoms with van der Waals surface area (Å²) < 4.78 is 32.2. The number of ether oxygens (including phenoxy) is 1. The molecular weight excluding hydrogens is 274 g/mol. The Balaban J connectivity index is 2.34. The highest BCUT2D eigenvalue weighted by Crippen LogP contribution is 2.30. The number of hydrogen-bond donors (Lipinski definition) is 1. The predicted octanol–water partition coefficient (Wildman–Crippen LogP) is 0.833. The van der Waals surface area contributed by atoms with Crippen LogP contribution >= 0.6 is 11.3 Å². The summed E-state index contributed by atoms with van der Waals surface area (Å²) >= 11 is 1.01. The highest BCUT2D eigenvalue weighted by Gasteiger charge is 2.36. The molecule has 0 unspecified atom stereocenters. The fourth-order valence-electron chi connectivity index (χ4n) is 1.94. The maximum absolute atomic E-state index is 12.5. The van der Waals surface area contributed by atoms with Gasteiger partial charge in [0.1, 0.15) is 0 Å². The third kappa shape index (κ3) is 2.51. The topological polar surface area (TPSA) is 85.5 Å². The zero-order valence-electron chi connectivity index (χ0n) is 10.6. The Kier molecular flexibility index (Phi) is 3.39. The Morgan fingerprint density at radius 1 is 1.50 bits per heavy atom. The van der Waals surface area contributed by atoms with Gasteiger partial charge in [-0.2, -0.15) is 4.31 Å². The molecule has 2 heterocycles. The van der Waals surface area contributed by atoms with Crippen LogP contribution in [0.2, 0.25) is 0 Å². The second kappa shape index (κ2) is 4.44. The summed E-state index contributed by atoms with van der Waals surface area (Å²) in [6.45, 7) is 6.52. The molecule has 0 spiro atoms. The van der Waals surface area contributed by atoms with E-state index >= 15 is 0 Å². The van der Waals surface area contributed by atoms with Gasteiger partial charge in [-0.1, -0.05) is 11.3 Å². The van der Waals surface area contributed by atoms with E-state index in [0.29, 0.717) is 25.4 Å². The van der Waals surface area contributed by atoms with Crippen LogP contribution in [0.3, 0.4) is 0 Å². The molecule has 0 aromatic carbocycles. The summed E-state index contributed by atoms with van der Waals surface area (Å²) in [5.41, 5.74) is 5.56. The molecule has 1 aromatic heterocycles. The van der Waals surface area contributed by atoms with Crippen molar-refractivity contribution in [2.45, 2.75) is 30.6 Å². The largest absolute Gasteiger partial charge is 0.375 e. The number of nitrogen functional groups attached to an aromatic ring is 1. The summed E-state index contributed by atoms with van der Waals surface area (Å²) in [6.07, 6.45) is 0. The average molecular weight is 291 g/mol. The van der Waals surface area contributed by atoms with Crippen molar-refractivity contribution in [3.63, 3.8) is 0 Å². The van der Waals surface area contributed by atoms with Gasteiger partial charge in [-0.15, -0.1) is 0 Å². The van der Waals surface area contributed by atoms with Gasteiger partial charge < -0.3 is 10.5 Å². The van der Waals surface area contributed by atoms with E-state index in [4.69, 9.17) is 10.5 Å². The lowest BCUT2D eigenvalue weighted by molar-refractivity contribution is -0.0640. The molecule has 0 aliphatic carbocycles. The van der Waals surface area contributed by atoms with E-state index in [2.05, 4.69) is 4.98 Å². The number of nitrogens with zero attached hydrogens (tertiary/aromatic N) is 2. The van der Waals surface area contributed by atoms with Gasteiger partial charge in [-0.05, 0) is 20.8 Å². The number of anilines is 1. The third-order valence-corrected chi connectivity index (χ3v) is 6.15. The predicted molar refractivity (Wildman–Crippen MR) is 70.1 cm³/mol. The van der Waals surface area contributed by atoms with Gasteiger partial charge in [-0.25, -0.2) is 13.4 Å². The molecule has 1 aliphatic rings. The molecule has 1 aliphatic heterocycles. The lowest BCUT2D eigenvalue weighted by atomic mass is 10.1. The van der Waals surface area contributed by atoms with Crippen LogP contribution in [0.25, 0.3) is 0 Å². The summed E-state index contributed by atoms with van der Waals surface area (Å²) in [5, 5.41) is 0.276. The Morgan fingerprint density at radius 2 is 2.17 bits per heavy atom. The minimum atomic E-state index is -3.51. The Labute approximate surface area is 111 Å². The van der Waals surface area contributed by atoms with Gasteiger partial charge >= 0.3 is 0 Å².